The molecule has 0 aliphatic heterocycles. The van der Waals surface area contributed by atoms with E-state index < -0.39 is 11.8 Å². The van der Waals surface area contributed by atoms with Crippen LogP contribution in [-0.2, 0) is 0 Å². The summed E-state index contributed by atoms with van der Waals surface area (Å²) in [5, 5.41) is 2.76. The SMILES string of the molecule is CCCCOc1ccc(C(=O)NC(=S)NNC(=O)c2ccccc2Cl)cc1. The summed E-state index contributed by atoms with van der Waals surface area (Å²) < 4.78 is 5.55. The molecule has 0 saturated heterocycles. The molecule has 27 heavy (non-hydrogen) atoms. The smallest absolute Gasteiger partial charge is 0.271 e. The standard InChI is InChI=1S/C19H20ClN3O3S/c1-2-3-12-26-14-10-8-13(9-11-14)17(24)21-19(27)23-22-18(25)15-6-4-5-7-16(15)20/h4-11H,2-3,12H2,1H3,(H,22,25)(H2,21,23,24,27). The van der Waals surface area contributed by atoms with Crippen molar-refractivity contribution in [2.45, 2.75) is 19.8 Å². The fourth-order valence-electron chi connectivity index (χ4n) is 2.07. The third-order valence-corrected chi connectivity index (χ3v) is 4.05. The van der Waals surface area contributed by atoms with Gasteiger partial charge in [0.2, 0.25) is 0 Å². The highest BCUT2D eigenvalue weighted by Crippen LogP contribution is 2.14. The largest absolute Gasteiger partial charge is 0.494 e. The molecule has 2 amide bonds. The molecule has 2 aromatic carbocycles. The number of hydrogen-bond acceptors (Lipinski definition) is 4. The Bertz CT molecular complexity index is 812. The van der Waals surface area contributed by atoms with Crippen LogP contribution in [0, 0.1) is 0 Å². The number of amides is 2. The second kappa shape index (κ2) is 10.5. The topological polar surface area (TPSA) is 79.5 Å². The summed E-state index contributed by atoms with van der Waals surface area (Å²) in [7, 11) is 0. The number of halogens is 1. The Labute approximate surface area is 168 Å². The molecule has 0 bridgehead atoms. The van der Waals surface area contributed by atoms with Gasteiger partial charge in [0, 0.05) is 5.56 Å². The van der Waals surface area contributed by atoms with Crippen LogP contribution in [0.4, 0.5) is 0 Å². The summed E-state index contributed by atoms with van der Waals surface area (Å²) in [5.41, 5.74) is 5.56. The van der Waals surface area contributed by atoms with Crippen molar-refractivity contribution in [3.8, 4) is 5.75 Å². The molecule has 2 aromatic rings. The van der Waals surface area contributed by atoms with E-state index in [2.05, 4.69) is 23.1 Å². The Morgan fingerprint density at radius 3 is 2.41 bits per heavy atom. The first-order valence-corrected chi connectivity index (χ1v) is 9.19. The molecule has 8 heteroatoms. The summed E-state index contributed by atoms with van der Waals surface area (Å²) in [5.74, 6) is -0.168. The van der Waals surface area contributed by atoms with Gasteiger partial charge < -0.3 is 4.74 Å². The van der Waals surface area contributed by atoms with Crippen molar-refractivity contribution < 1.29 is 14.3 Å². The van der Waals surface area contributed by atoms with Gasteiger partial charge in [-0.1, -0.05) is 37.1 Å². The van der Waals surface area contributed by atoms with Crippen LogP contribution < -0.4 is 20.9 Å². The van der Waals surface area contributed by atoms with Gasteiger partial charge in [-0.2, -0.15) is 0 Å². The Kier molecular flexibility index (Phi) is 8.03. The van der Waals surface area contributed by atoms with E-state index in [-0.39, 0.29) is 5.11 Å². The van der Waals surface area contributed by atoms with Crippen LogP contribution in [0.15, 0.2) is 48.5 Å². The lowest BCUT2D eigenvalue weighted by Gasteiger charge is -2.11. The minimum Gasteiger partial charge on any atom is -0.494 e. The number of thiocarbonyl (C=S) groups is 1. The Balaban J connectivity index is 1.82. The molecular weight excluding hydrogens is 386 g/mol. The van der Waals surface area contributed by atoms with Crippen molar-refractivity contribution in [1.29, 1.82) is 0 Å². The van der Waals surface area contributed by atoms with Gasteiger partial charge in [-0.05, 0) is 55.0 Å². The van der Waals surface area contributed by atoms with Gasteiger partial charge in [0.05, 0.1) is 17.2 Å². The van der Waals surface area contributed by atoms with Gasteiger partial charge in [-0.25, -0.2) is 0 Å². The van der Waals surface area contributed by atoms with Gasteiger partial charge in [-0.15, -0.1) is 0 Å². The van der Waals surface area contributed by atoms with Gasteiger partial charge in [0.25, 0.3) is 11.8 Å². The molecule has 3 N–H and O–H groups in total. The molecular formula is C19H20ClN3O3S. The van der Waals surface area contributed by atoms with Crippen LogP contribution in [0.2, 0.25) is 5.02 Å². The average Bonchev–Trinajstić information content (AvgIpc) is 2.67. The van der Waals surface area contributed by atoms with Crippen molar-refractivity contribution in [3.05, 3.63) is 64.7 Å². The van der Waals surface area contributed by atoms with Crippen LogP contribution in [-0.4, -0.2) is 23.5 Å². The first kappa shape index (κ1) is 20.7. The monoisotopic (exact) mass is 405 g/mol. The van der Waals surface area contributed by atoms with Crippen molar-refractivity contribution >= 4 is 40.7 Å². The molecule has 0 fully saturated rings. The molecule has 0 radical (unpaired) electrons. The maximum absolute atomic E-state index is 12.2. The maximum atomic E-state index is 12.2. The predicted molar refractivity (Wildman–Crippen MR) is 109 cm³/mol. The molecule has 0 aromatic heterocycles. The first-order chi connectivity index (χ1) is 13.0. The highest BCUT2D eigenvalue weighted by atomic mass is 35.5. The molecule has 142 valence electrons. The van der Waals surface area contributed by atoms with Crippen LogP contribution in [0.3, 0.4) is 0 Å². The molecule has 0 spiro atoms. The van der Waals surface area contributed by atoms with Crippen LogP contribution in [0.5, 0.6) is 5.75 Å². The molecule has 0 saturated carbocycles. The molecule has 0 heterocycles. The highest BCUT2D eigenvalue weighted by Gasteiger charge is 2.11. The second-order valence-corrected chi connectivity index (χ2v) is 6.38. The zero-order chi connectivity index (χ0) is 19.6. The van der Waals surface area contributed by atoms with Crippen LogP contribution in [0.1, 0.15) is 40.5 Å². The van der Waals surface area contributed by atoms with Crippen molar-refractivity contribution in [1.82, 2.24) is 16.2 Å². The number of carbonyl (C=O) groups excluding carboxylic acids is 2. The van der Waals surface area contributed by atoms with Gasteiger partial charge in [-0.3, -0.25) is 25.8 Å². The Morgan fingerprint density at radius 2 is 1.74 bits per heavy atom. The third kappa shape index (κ3) is 6.54. The number of hydrogen-bond donors (Lipinski definition) is 3. The lowest BCUT2D eigenvalue weighted by Crippen LogP contribution is -2.48. The minimum absolute atomic E-state index is 0.0383. The number of carbonyl (C=O) groups is 2. The zero-order valence-electron chi connectivity index (χ0n) is 14.8. The molecule has 0 aliphatic rings. The van der Waals surface area contributed by atoms with Crippen LogP contribution >= 0.6 is 23.8 Å². The highest BCUT2D eigenvalue weighted by molar-refractivity contribution is 7.80. The summed E-state index contributed by atoms with van der Waals surface area (Å²) in [6, 6.07) is 13.3. The number of benzene rings is 2. The Hall–Kier alpha value is -2.64. The third-order valence-electron chi connectivity index (χ3n) is 3.52. The number of hydrazine groups is 1. The molecule has 0 atom stereocenters. The van der Waals surface area contributed by atoms with Crippen LogP contribution in [0.25, 0.3) is 0 Å². The first-order valence-electron chi connectivity index (χ1n) is 8.40. The fraction of sp³-hybridized carbons (Fsp3) is 0.211. The molecule has 2 rings (SSSR count). The van der Waals surface area contributed by atoms with Gasteiger partial charge >= 0.3 is 0 Å². The van der Waals surface area contributed by atoms with Crippen molar-refractivity contribution in [2.24, 2.45) is 0 Å². The predicted octanol–water partition coefficient (Wildman–Crippen LogP) is 3.47. The summed E-state index contributed by atoms with van der Waals surface area (Å²) in [6.07, 6.45) is 2.03. The summed E-state index contributed by atoms with van der Waals surface area (Å²) in [4.78, 5) is 24.2. The van der Waals surface area contributed by atoms with Crippen molar-refractivity contribution in [3.63, 3.8) is 0 Å². The van der Waals surface area contributed by atoms with E-state index in [0.29, 0.717) is 28.5 Å². The number of nitrogens with one attached hydrogen (secondary N) is 3. The van der Waals surface area contributed by atoms with Gasteiger partial charge in [0.1, 0.15) is 5.75 Å². The van der Waals surface area contributed by atoms with Gasteiger partial charge in [0.15, 0.2) is 5.11 Å². The molecule has 6 nitrogen and oxygen atoms in total. The molecule has 0 unspecified atom stereocenters. The van der Waals surface area contributed by atoms with E-state index >= 15 is 0 Å². The second-order valence-electron chi connectivity index (χ2n) is 5.57. The van der Waals surface area contributed by atoms with E-state index in [1.165, 1.54) is 0 Å². The van der Waals surface area contributed by atoms with E-state index in [1.807, 2.05) is 0 Å². The summed E-state index contributed by atoms with van der Waals surface area (Å²) >= 11 is 11.0. The normalized spacial score (nSPS) is 10.0. The van der Waals surface area contributed by atoms with E-state index in [9.17, 15) is 9.59 Å². The molecule has 0 aliphatic carbocycles. The van der Waals surface area contributed by atoms with Crippen molar-refractivity contribution in [2.75, 3.05) is 6.61 Å². The fourth-order valence-corrected chi connectivity index (χ4v) is 2.43. The lowest BCUT2D eigenvalue weighted by molar-refractivity contribution is 0.0934. The minimum atomic E-state index is -0.467. The van der Waals surface area contributed by atoms with E-state index in [4.69, 9.17) is 28.6 Å². The zero-order valence-corrected chi connectivity index (χ0v) is 16.3. The lowest BCUT2D eigenvalue weighted by atomic mass is 10.2. The quantitative estimate of drug-likeness (QED) is 0.389. The summed E-state index contributed by atoms with van der Waals surface area (Å²) in [6.45, 7) is 2.73. The number of unbranched alkanes of at least 4 members (excludes halogenated alkanes) is 1. The number of ether oxygens (including phenoxy) is 1. The van der Waals surface area contributed by atoms with E-state index in [1.54, 1.807) is 48.5 Å². The Morgan fingerprint density at radius 1 is 1.04 bits per heavy atom. The average molecular weight is 406 g/mol. The van der Waals surface area contributed by atoms with E-state index in [0.717, 1.165) is 12.8 Å². The number of rotatable bonds is 6. The maximum Gasteiger partial charge on any atom is 0.271 e.